The summed E-state index contributed by atoms with van der Waals surface area (Å²) in [6, 6.07) is 6.42. The number of hydrogen-bond donors (Lipinski definition) is 0. The summed E-state index contributed by atoms with van der Waals surface area (Å²) >= 11 is 0. The summed E-state index contributed by atoms with van der Waals surface area (Å²) in [5, 5.41) is 6.89. The Morgan fingerprint density at radius 3 is 2.32 bits per heavy atom. The quantitative estimate of drug-likeness (QED) is 0.796. The molecule has 0 aliphatic carbocycles. The van der Waals surface area contributed by atoms with Crippen LogP contribution in [0.2, 0.25) is 0 Å². The molecule has 112 valence electrons. The molecule has 0 unspecified atom stereocenters. The molecule has 0 nitrogen and oxygen atoms in total. The van der Waals surface area contributed by atoms with Gasteiger partial charge in [-0.2, -0.15) is 0 Å². The van der Waals surface area contributed by atoms with Crippen LogP contribution in [-0.2, 0) is 0 Å². The highest BCUT2D eigenvalue weighted by Crippen LogP contribution is 2.12. The van der Waals surface area contributed by atoms with Gasteiger partial charge in [0.1, 0.15) is 0 Å². The van der Waals surface area contributed by atoms with Gasteiger partial charge in [0.05, 0.1) is 0 Å². The van der Waals surface area contributed by atoms with E-state index in [1.165, 1.54) is 32.3 Å². The number of hydrogen-bond acceptors (Lipinski definition) is 0. The second-order valence-electron chi connectivity index (χ2n) is 5.52. The van der Waals surface area contributed by atoms with Crippen molar-refractivity contribution >= 4 is 42.2 Å². The van der Waals surface area contributed by atoms with E-state index in [4.69, 9.17) is 0 Å². The molecule has 0 atom stereocenters. The first-order valence-electron chi connectivity index (χ1n) is 7.71. The topological polar surface area (TPSA) is 0 Å². The highest BCUT2D eigenvalue weighted by molar-refractivity contribution is 5.92. The van der Waals surface area contributed by atoms with Gasteiger partial charge in [0, 0.05) is 0 Å². The van der Waals surface area contributed by atoms with Gasteiger partial charge in [-0.25, -0.2) is 0 Å². The second-order valence-corrected chi connectivity index (χ2v) is 5.52. The average molecular weight is 288 g/mol. The lowest BCUT2D eigenvalue weighted by molar-refractivity contribution is 1.43. The van der Waals surface area contributed by atoms with E-state index >= 15 is 0 Å². The Morgan fingerprint density at radius 1 is 1.00 bits per heavy atom. The van der Waals surface area contributed by atoms with Gasteiger partial charge < -0.3 is 0 Å². The maximum atomic E-state index is 4.31. The Hall–Kier alpha value is -2.34. The molecule has 0 heteroatoms. The minimum atomic E-state index is 1.01. The molecule has 0 amide bonds. The molecule has 0 aliphatic rings. The molecule has 0 aliphatic heterocycles. The average Bonchev–Trinajstić information content (AvgIpc) is 2.52. The monoisotopic (exact) mass is 288 g/mol. The van der Waals surface area contributed by atoms with Crippen molar-refractivity contribution in [1.29, 1.82) is 0 Å². The van der Waals surface area contributed by atoms with Crippen LogP contribution >= 0.6 is 0 Å². The fourth-order valence-electron chi connectivity index (χ4n) is 2.86. The van der Waals surface area contributed by atoms with E-state index in [2.05, 4.69) is 82.5 Å². The zero-order valence-electron chi connectivity index (χ0n) is 14.0. The molecule has 2 rings (SSSR count). The van der Waals surface area contributed by atoms with Crippen LogP contribution in [0.5, 0.6) is 0 Å². The Balaban J connectivity index is 3.21. The van der Waals surface area contributed by atoms with Crippen molar-refractivity contribution < 1.29 is 0 Å². The summed E-state index contributed by atoms with van der Waals surface area (Å²) in [6.07, 6.45) is 10.7. The third kappa shape index (κ3) is 2.69. The van der Waals surface area contributed by atoms with Gasteiger partial charge in [0.15, 0.2) is 0 Å². The van der Waals surface area contributed by atoms with Crippen LogP contribution in [0.15, 0.2) is 35.9 Å². The van der Waals surface area contributed by atoms with Gasteiger partial charge in [-0.05, 0) is 64.9 Å². The summed E-state index contributed by atoms with van der Waals surface area (Å²) < 4.78 is 0. The zero-order chi connectivity index (χ0) is 16.3. The zero-order valence-corrected chi connectivity index (χ0v) is 14.0. The first-order chi connectivity index (χ1) is 10.5. The van der Waals surface area contributed by atoms with Gasteiger partial charge in [-0.1, -0.05) is 67.3 Å². The highest BCUT2D eigenvalue weighted by Gasteiger charge is 2.03. The van der Waals surface area contributed by atoms with Crippen molar-refractivity contribution in [3.8, 4) is 0 Å². The minimum Gasteiger partial charge on any atom is -0.0905 e. The number of benzene rings is 2. The van der Waals surface area contributed by atoms with Gasteiger partial charge in [-0.3, -0.25) is 0 Å². The normalized spacial score (nSPS) is 14.5. The summed E-state index contributed by atoms with van der Waals surface area (Å²) in [4.78, 5) is 0. The maximum absolute atomic E-state index is 4.31. The van der Waals surface area contributed by atoms with Gasteiger partial charge in [0.25, 0.3) is 0 Å². The second kappa shape index (κ2) is 6.62. The summed E-state index contributed by atoms with van der Waals surface area (Å²) in [5.74, 6) is 0. The Labute approximate surface area is 132 Å². The third-order valence-corrected chi connectivity index (χ3v) is 4.13. The molecular weight excluding hydrogens is 264 g/mol. The van der Waals surface area contributed by atoms with Crippen molar-refractivity contribution in [3.63, 3.8) is 0 Å². The highest BCUT2D eigenvalue weighted by atomic mass is 14.1. The van der Waals surface area contributed by atoms with E-state index in [1.807, 2.05) is 6.92 Å². The van der Waals surface area contributed by atoms with Crippen molar-refractivity contribution in [2.45, 2.75) is 27.7 Å². The van der Waals surface area contributed by atoms with Crippen LogP contribution < -0.4 is 20.9 Å². The Kier molecular flexibility index (Phi) is 4.82. The predicted octanol–water partition coefficient (Wildman–Crippen LogP) is 3.24. The van der Waals surface area contributed by atoms with Gasteiger partial charge in [0.2, 0.25) is 0 Å². The molecule has 0 bridgehead atoms. The lowest BCUT2D eigenvalue weighted by atomic mass is 9.97. The fourth-order valence-corrected chi connectivity index (χ4v) is 2.86. The number of fused-ring (bicyclic) bond motifs is 1. The molecule has 0 aromatic heterocycles. The smallest absolute Gasteiger partial charge is 0.00328 e. The summed E-state index contributed by atoms with van der Waals surface area (Å²) in [7, 11) is 0. The van der Waals surface area contributed by atoms with E-state index in [1.54, 1.807) is 0 Å². The van der Waals surface area contributed by atoms with Crippen LogP contribution in [-0.4, -0.2) is 0 Å². The van der Waals surface area contributed by atoms with Gasteiger partial charge in [-0.15, -0.1) is 0 Å². The van der Waals surface area contributed by atoms with Crippen molar-refractivity contribution in [2.24, 2.45) is 0 Å². The first kappa shape index (κ1) is 16.0. The molecular formula is C22H24. The molecule has 0 saturated carbocycles. The first-order valence-corrected chi connectivity index (χ1v) is 7.71. The molecule has 2 aromatic carbocycles. The molecule has 0 saturated heterocycles. The van der Waals surface area contributed by atoms with Crippen LogP contribution in [0.25, 0.3) is 42.2 Å². The van der Waals surface area contributed by atoms with E-state index < -0.39 is 0 Å². The lowest BCUT2D eigenvalue weighted by Gasteiger charge is -2.07. The van der Waals surface area contributed by atoms with Crippen LogP contribution in [0.1, 0.15) is 33.3 Å². The van der Waals surface area contributed by atoms with Crippen molar-refractivity contribution in [3.05, 3.63) is 62.4 Å². The summed E-state index contributed by atoms with van der Waals surface area (Å²) in [5.41, 5.74) is 2.43. The Bertz CT molecular complexity index is 983. The SMILES string of the molecule is C=c1c(=C)c2c(/C=C\C)cccc2c(=C/C)/c1=C/C(C)=C\C. The molecule has 0 radical (unpaired) electrons. The molecule has 0 spiro atoms. The minimum absolute atomic E-state index is 1.01. The molecule has 22 heavy (non-hydrogen) atoms. The number of allylic oxidation sites excluding steroid dienone is 3. The number of rotatable bonds is 2. The van der Waals surface area contributed by atoms with Crippen molar-refractivity contribution in [2.75, 3.05) is 0 Å². The lowest BCUT2D eigenvalue weighted by Crippen LogP contribution is -2.47. The standard InChI is InChI=1S/C22H24/c1-7-11-18-12-10-13-20-19(9-3)21(14-15(4)8-2)16(5)17(6)22(18)20/h7-14H,5-6H2,1-4H3/b11-7-,15-8-,19-9-,21-14+. The molecule has 0 fully saturated rings. The molecule has 0 heterocycles. The van der Waals surface area contributed by atoms with Crippen LogP contribution in [0.3, 0.4) is 0 Å². The maximum Gasteiger partial charge on any atom is -0.00328 e. The molecule has 2 aromatic rings. The van der Waals surface area contributed by atoms with Crippen LogP contribution in [0, 0.1) is 0 Å². The van der Waals surface area contributed by atoms with E-state index in [0.29, 0.717) is 0 Å². The fraction of sp³-hybridized carbons (Fsp3) is 0.182. The van der Waals surface area contributed by atoms with E-state index in [-0.39, 0.29) is 0 Å². The van der Waals surface area contributed by atoms with Crippen LogP contribution in [0.4, 0.5) is 0 Å². The van der Waals surface area contributed by atoms with Gasteiger partial charge >= 0.3 is 0 Å². The predicted molar refractivity (Wildman–Crippen MR) is 102 cm³/mol. The Morgan fingerprint density at radius 2 is 1.73 bits per heavy atom. The molecule has 0 N–H and O–H groups in total. The van der Waals surface area contributed by atoms with Crippen molar-refractivity contribution in [1.82, 2.24) is 0 Å². The summed E-state index contributed by atoms with van der Waals surface area (Å²) in [6.45, 7) is 16.9. The third-order valence-electron chi connectivity index (χ3n) is 4.13. The van der Waals surface area contributed by atoms with E-state index in [0.717, 1.165) is 10.4 Å². The largest absolute Gasteiger partial charge is 0.0905 e. The van der Waals surface area contributed by atoms with E-state index in [9.17, 15) is 0 Å².